The Hall–Kier alpha value is -4.13. The number of hydrogen-bond acceptors (Lipinski definition) is 4. The maximum atomic E-state index is 12.2. The van der Waals surface area contributed by atoms with Gasteiger partial charge in [0, 0.05) is 48.7 Å². The molecule has 0 aliphatic heterocycles. The second-order valence-electron chi connectivity index (χ2n) is 7.99. The van der Waals surface area contributed by atoms with Crippen LogP contribution in [0.4, 0.5) is 0 Å². The van der Waals surface area contributed by atoms with E-state index in [-0.39, 0.29) is 5.56 Å². The molecule has 7 heteroatoms. The highest BCUT2D eigenvalue weighted by Gasteiger charge is 2.17. The Bertz CT molecular complexity index is 1480. The summed E-state index contributed by atoms with van der Waals surface area (Å²) < 4.78 is 9.77. The van der Waals surface area contributed by atoms with Crippen LogP contribution in [-0.2, 0) is 14.1 Å². The van der Waals surface area contributed by atoms with Gasteiger partial charge in [0.2, 0.25) is 0 Å². The smallest absolute Gasteiger partial charge is 0.253 e. The molecule has 0 amide bonds. The van der Waals surface area contributed by atoms with Gasteiger partial charge in [0.05, 0.1) is 11.2 Å². The summed E-state index contributed by atoms with van der Waals surface area (Å²) in [5, 5.41) is 4.45. The number of hydrogen-bond donors (Lipinski definition) is 1. The van der Waals surface area contributed by atoms with E-state index < -0.39 is 0 Å². The van der Waals surface area contributed by atoms with Crippen LogP contribution in [0, 0.1) is 13.8 Å². The molecule has 32 heavy (non-hydrogen) atoms. The van der Waals surface area contributed by atoms with E-state index in [0.717, 1.165) is 39.2 Å². The largest absolute Gasteiger partial charge is 0.454 e. The van der Waals surface area contributed by atoms with Crippen LogP contribution in [0.2, 0.25) is 0 Å². The molecular weight excluding hydrogens is 402 g/mol. The SMILES string of the molecule is Cc1nc2c(Oc3ccc(-c4ccn(C)n4)cc3)c(-c3cc(C)c(=O)n(C)c3)ccc2[nH]1. The lowest BCUT2D eigenvalue weighted by Crippen LogP contribution is -2.18. The molecule has 0 atom stereocenters. The van der Waals surface area contributed by atoms with Crippen molar-refractivity contribution in [2.45, 2.75) is 13.8 Å². The first-order valence-corrected chi connectivity index (χ1v) is 10.3. The molecule has 5 rings (SSSR count). The summed E-state index contributed by atoms with van der Waals surface area (Å²) in [6.45, 7) is 3.74. The van der Waals surface area contributed by atoms with Gasteiger partial charge in [0.1, 0.15) is 17.1 Å². The lowest BCUT2D eigenvalue weighted by Gasteiger charge is -2.14. The van der Waals surface area contributed by atoms with Crippen LogP contribution in [0.3, 0.4) is 0 Å². The summed E-state index contributed by atoms with van der Waals surface area (Å²) in [5.41, 5.74) is 6.00. The molecule has 2 aromatic carbocycles. The maximum Gasteiger partial charge on any atom is 0.253 e. The number of H-pyrrole nitrogens is 1. The third-order valence-corrected chi connectivity index (χ3v) is 5.48. The molecule has 0 saturated heterocycles. The van der Waals surface area contributed by atoms with Crippen LogP contribution >= 0.6 is 0 Å². The van der Waals surface area contributed by atoms with E-state index in [1.165, 1.54) is 0 Å². The van der Waals surface area contributed by atoms with Crippen molar-refractivity contribution in [3.8, 4) is 33.9 Å². The molecule has 0 unspecified atom stereocenters. The number of pyridine rings is 1. The molecule has 0 saturated carbocycles. The molecule has 160 valence electrons. The Morgan fingerprint density at radius 3 is 2.44 bits per heavy atom. The standard InChI is InChI=1S/C25H23N5O2/c1-15-13-18(14-29(3)25(15)31)20-9-10-22-23(27-16(2)26-22)24(20)32-19-7-5-17(6-8-19)21-11-12-30(4)28-21/h5-14H,1-4H3,(H,26,27). The van der Waals surface area contributed by atoms with E-state index in [0.29, 0.717) is 17.1 Å². The minimum Gasteiger partial charge on any atom is -0.454 e. The first-order valence-electron chi connectivity index (χ1n) is 10.3. The summed E-state index contributed by atoms with van der Waals surface area (Å²) in [5.74, 6) is 2.15. The summed E-state index contributed by atoms with van der Waals surface area (Å²) in [4.78, 5) is 20.1. The Labute approximate surface area is 184 Å². The second-order valence-corrected chi connectivity index (χ2v) is 7.99. The molecule has 0 aliphatic rings. The van der Waals surface area contributed by atoms with Gasteiger partial charge in [-0.15, -0.1) is 0 Å². The van der Waals surface area contributed by atoms with Gasteiger partial charge in [-0.2, -0.15) is 5.10 Å². The van der Waals surface area contributed by atoms with Crippen molar-refractivity contribution in [2.75, 3.05) is 0 Å². The quantitative estimate of drug-likeness (QED) is 0.451. The van der Waals surface area contributed by atoms with Gasteiger partial charge in [0.15, 0.2) is 5.75 Å². The van der Waals surface area contributed by atoms with Gasteiger partial charge >= 0.3 is 0 Å². The number of fused-ring (bicyclic) bond motifs is 1. The van der Waals surface area contributed by atoms with E-state index >= 15 is 0 Å². The highest BCUT2D eigenvalue weighted by atomic mass is 16.5. The van der Waals surface area contributed by atoms with Crippen molar-refractivity contribution in [3.05, 3.63) is 82.7 Å². The minimum absolute atomic E-state index is 0.0157. The normalized spacial score (nSPS) is 11.2. The topological polar surface area (TPSA) is 77.7 Å². The van der Waals surface area contributed by atoms with Crippen LogP contribution in [0.5, 0.6) is 11.5 Å². The number of aromatic nitrogens is 5. The predicted molar refractivity (Wildman–Crippen MR) is 125 cm³/mol. The van der Waals surface area contributed by atoms with Crippen molar-refractivity contribution in [2.24, 2.45) is 14.1 Å². The van der Waals surface area contributed by atoms with Gasteiger partial charge in [-0.1, -0.05) is 0 Å². The highest BCUT2D eigenvalue weighted by molar-refractivity contribution is 5.91. The molecule has 1 N–H and O–H groups in total. The maximum absolute atomic E-state index is 12.2. The molecule has 3 aromatic heterocycles. The fourth-order valence-corrected chi connectivity index (χ4v) is 3.91. The monoisotopic (exact) mass is 425 g/mol. The van der Waals surface area contributed by atoms with Gasteiger partial charge in [0.25, 0.3) is 5.56 Å². The number of ether oxygens (including phenoxy) is 1. The molecule has 0 radical (unpaired) electrons. The molecule has 0 fully saturated rings. The van der Waals surface area contributed by atoms with E-state index in [4.69, 9.17) is 4.74 Å². The lowest BCUT2D eigenvalue weighted by atomic mass is 10.0. The van der Waals surface area contributed by atoms with Gasteiger partial charge in [-0.05, 0) is 62.4 Å². The van der Waals surface area contributed by atoms with E-state index in [9.17, 15) is 4.79 Å². The highest BCUT2D eigenvalue weighted by Crippen LogP contribution is 2.39. The van der Waals surface area contributed by atoms with Crippen LogP contribution in [-0.4, -0.2) is 24.3 Å². The van der Waals surface area contributed by atoms with Crippen molar-refractivity contribution in [3.63, 3.8) is 0 Å². The van der Waals surface area contributed by atoms with Gasteiger partial charge < -0.3 is 14.3 Å². The Morgan fingerprint density at radius 1 is 0.969 bits per heavy atom. The fraction of sp³-hybridized carbons (Fsp3) is 0.160. The first kappa shape index (κ1) is 19.8. The molecular formula is C25H23N5O2. The van der Waals surface area contributed by atoms with Crippen LogP contribution in [0.25, 0.3) is 33.4 Å². The molecule has 0 spiro atoms. The van der Waals surface area contributed by atoms with Crippen molar-refractivity contribution in [1.29, 1.82) is 0 Å². The second kappa shape index (κ2) is 7.53. The Morgan fingerprint density at radius 2 is 1.75 bits per heavy atom. The van der Waals surface area contributed by atoms with Gasteiger partial charge in [-0.3, -0.25) is 9.48 Å². The molecule has 7 nitrogen and oxygen atoms in total. The summed E-state index contributed by atoms with van der Waals surface area (Å²) in [6.07, 6.45) is 3.74. The number of benzene rings is 2. The number of imidazole rings is 1. The van der Waals surface area contributed by atoms with E-state index in [1.54, 1.807) is 16.3 Å². The zero-order chi connectivity index (χ0) is 22.4. The average molecular weight is 425 g/mol. The number of nitrogens with one attached hydrogen (secondary N) is 1. The number of rotatable bonds is 4. The van der Waals surface area contributed by atoms with Crippen LogP contribution in [0.15, 0.2) is 65.7 Å². The molecule has 3 heterocycles. The molecule has 0 aliphatic carbocycles. The zero-order valence-corrected chi connectivity index (χ0v) is 18.4. The third kappa shape index (κ3) is 3.47. The van der Waals surface area contributed by atoms with E-state index in [1.807, 2.05) is 81.8 Å². The summed E-state index contributed by atoms with van der Waals surface area (Å²) in [6, 6.07) is 15.7. The first-order chi connectivity index (χ1) is 15.4. The van der Waals surface area contributed by atoms with E-state index in [2.05, 4.69) is 15.1 Å². The average Bonchev–Trinajstić information content (AvgIpc) is 3.37. The zero-order valence-electron chi connectivity index (χ0n) is 18.4. The van der Waals surface area contributed by atoms with Crippen LogP contribution < -0.4 is 10.3 Å². The fourth-order valence-electron chi connectivity index (χ4n) is 3.91. The molecule has 5 aromatic rings. The van der Waals surface area contributed by atoms with Crippen molar-refractivity contribution in [1.82, 2.24) is 24.3 Å². The third-order valence-electron chi connectivity index (χ3n) is 5.48. The van der Waals surface area contributed by atoms with Crippen molar-refractivity contribution < 1.29 is 4.74 Å². The van der Waals surface area contributed by atoms with Gasteiger partial charge in [-0.25, -0.2) is 4.98 Å². The number of aromatic amines is 1. The number of nitrogens with zero attached hydrogens (tertiary/aromatic N) is 4. The van der Waals surface area contributed by atoms with Crippen molar-refractivity contribution >= 4 is 11.0 Å². The molecule has 0 bridgehead atoms. The minimum atomic E-state index is -0.0157. The number of aryl methyl sites for hydroxylation is 4. The predicted octanol–water partition coefficient (Wildman–Crippen LogP) is 4.74. The summed E-state index contributed by atoms with van der Waals surface area (Å²) >= 11 is 0. The Balaban J connectivity index is 1.61. The lowest BCUT2D eigenvalue weighted by molar-refractivity contribution is 0.489. The Kier molecular flexibility index (Phi) is 4.66. The van der Waals surface area contributed by atoms with Crippen LogP contribution in [0.1, 0.15) is 11.4 Å². The summed E-state index contributed by atoms with van der Waals surface area (Å²) in [7, 11) is 3.66.